The standard InChI is InChI=1S/C19H21ClN4O3/c20-18-10-16(24(26)27)3-4-17(18)19(25)22-12-14-5-8-23(9-6-14)13-15-2-1-7-21-11-15/h1-4,7,10-11,14H,5-6,8-9,12-13H2,(H,22,25). The third-order valence-corrected chi connectivity index (χ3v) is 5.11. The third-order valence-electron chi connectivity index (χ3n) is 4.80. The molecule has 1 fully saturated rings. The van der Waals surface area contributed by atoms with E-state index in [0.717, 1.165) is 32.5 Å². The van der Waals surface area contributed by atoms with Gasteiger partial charge in [0.15, 0.2) is 0 Å². The lowest BCUT2D eigenvalue weighted by Gasteiger charge is -2.32. The molecule has 1 aliphatic heterocycles. The number of benzene rings is 1. The van der Waals surface area contributed by atoms with Crippen LogP contribution in [0.25, 0.3) is 0 Å². The van der Waals surface area contributed by atoms with Gasteiger partial charge in [-0.2, -0.15) is 0 Å². The summed E-state index contributed by atoms with van der Waals surface area (Å²) >= 11 is 6.01. The van der Waals surface area contributed by atoms with E-state index in [9.17, 15) is 14.9 Å². The lowest BCUT2D eigenvalue weighted by Crippen LogP contribution is -2.38. The normalized spacial score (nSPS) is 15.4. The molecule has 1 aliphatic rings. The van der Waals surface area contributed by atoms with Crippen LogP contribution < -0.4 is 5.32 Å². The number of aromatic nitrogens is 1. The molecule has 0 radical (unpaired) electrons. The molecule has 0 saturated carbocycles. The summed E-state index contributed by atoms with van der Waals surface area (Å²) in [5, 5.41) is 13.7. The fraction of sp³-hybridized carbons (Fsp3) is 0.368. The number of nitro benzene ring substituents is 1. The lowest BCUT2D eigenvalue weighted by molar-refractivity contribution is -0.384. The van der Waals surface area contributed by atoms with Crippen molar-refractivity contribution in [1.82, 2.24) is 15.2 Å². The SMILES string of the molecule is O=C(NCC1CCN(Cc2cccnc2)CC1)c1ccc([N+](=O)[O-])cc1Cl. The van der Waals surface area contributed by atoms with Crippen molar-refractivity contribution in [2.45, 2.75) is 19.4 Å². The monoisotopic (exact) mass is 388 g/mol. The molecule has 1 N–H and O–H groups in total. The third kappa shape index (κ3) is 5.24. The van der Waals surface area contributed by atoms with Crippen LogP contribution >= 0.6 is 11.6 Å². The number of likely N-dealkylation sites (tertiary alicyclic amines) is 1. The number of nitro groups is 1. The van der Waals surface area contributed by atoms with Crippen LogP contribution in [0.5, 0.6) is 0 Å². The van der Waals surface area contributed by atoms with Gasteiger partial charge in [-0.25, -0.2) is 0 Å². The van der Waals surface area contributed by atoms with Crippen molar-refractivity contribution in [1.29, 1.82) is 0 Å². The summed E-state index contributed by atoms with van der Waals surface area (Å²) in [6.07, 6.45) is 5.68. The number of hydrogen-bond donors (Lipinski definition) is 1. The van der Waals surface area contributed by atoms with Gasteiger partial charge in [0, 0.05) is 37.6 Å². The lowest BCUT2D eigenvalue weighted by atomic mass is 9.96. The summed E-state index contributed by atoms with van der Waals surface area (Å²) in [4.78, 5) is 29.1. The van der Waals surface area contributed by atoms with Crippen molar-refractivity contribution < 1.29 is 9.72 Å². The summed E-state index contributed by atoms with van der Waals surface area (Å²) in [5.41, 5.74) is 1.34. The number of hydrogen-bond acceptors (Lipinski definition) is 5. The molecular formula is C19H21ClN4O3. The molecule has 0 atom stereocenters. The molecule has 7 nitrogen and oxygen atoms in total. The number of carbonyl (C=O) groups is 1. The highest BCUT2D eigenvalue weighted by Gasteiger charge is 2.21. The number of rotatable bonds is 6. The largest absolute Gasteiger partial charge is 0.352 e. The topological polar surface area (TPSA) is 88.4 Å². The molecule has 1 saturated heterocycles. The molecular weight excluding hydrogens is 368 g/mol. The average Bonchev–Trinajstić information content (AvgIpc) is 2.68. The van der Waals surface area contributed by atoms with E-state index in [1.807, 2.05) is 12.3 Å². The van der Waals surface area contributed by atoms with Crippen LogP contribution in [0.15, 0.2) is 42.7 Å². The molecule has 3 rings (SSSR count). The summed E-state index contributed by atoms with van der Waals surface area (Å²) in [7, 11) is 0. The van der Waals surface area contributed by atoms with E-state index in [0.29, 0.717) is 12.5 Å². The highest BCUT2D eigenvalue weighted by molar-refractivity contribution is 6.34. The molecule has 0 spiro atoms. The molecule has 27 heavy (non-hydrogen) atoms. The van der Waals surface area contributed by atoms with Gasteiger partial charge in [0.05, 0.1) is 15.5 Å². The van der Waals surface area contributed by atoms with Gasteiger partial charge < -0.3 is 5.32 Å². The van der Waals surface area contributed by atoms with Crippen molar-refractivity contribution in [3.8, 4) is 0 Å². The van der Waals surface area contributed by atoms with Crippen molar-refractivity contribution >= 4 is 23.2 Å². The number of amides is 1. The van der Waals surface area contributed by atoms with E-state index in [1.54, 1.807) is 6.20 Å². The van der Waals surface area contributed by atoms with Gasteiger partial charge in [0.25, 0.3) is 11.6 Å². The van der Waals surface area contributed by atoms with Crippen LogP contribution in [0.2, 0.25) is 5.02 Å². The van der Waals surface area contributed by atoms with Gasteiger partial charge in [-0.05, 0) is 49.5 Å². The Bertz CT molecular complexity index is 808. The Morgan fingerprint density at radius 1 is 1.33 bits per heavy atom. The molecule has 1 amide bonds. The molecule has 142 valence electrons. The number of piperidine rings is 1. The Morgan fingerprint density at radius 3 is 2.74 bits per heavy atom. The van der Waals surface area contributed by atoms with Crippen LogP contribution in [0.1, 0.15) is 28.8 Å². The maximum absolute atomic E-state index is 12.3. The van der Waals surface area contributed by atoms with Gasteiger partial charge in [-0.15, -0.1) is 0 Å². The minimum atomic E-state index is -0.535. The molecule has 0 aliphatic carbocycles. The molecule has 0 unspecified atom stereocenters. The summed E-state index contributed by atoms with van der Waals surface area (Å²) in [5.74, 6) is 0.114. The summed E-state index contributed by atoms with van der Waals surface area (Å²) in [6, 6.07) is 7.91. The second-order valence-electron chi connectivity index (χ2n) is 6.71. The maximum atomic E-state index is 12.3. The number of non-ortho nitro benzene ring substituents is 1. The fourth-order valence-electron chi connectivity index (χ4n) is 3.23. The van der Waals surface area contributed by atoms with Crippen molar-refractivity contribution in [3.05, 3.63) is 69.0 Å². The van der Waals surface area contributed by atoms with E-state index >= 15 is 0 Å². The first-order chi connectivity index (χ1) is 13.0. The first-order valence-electron chi connectivity index (χ1n) is 8.86. The van der Waals surface area contributed by atoms with E-state index in [-0.39, 0.29) is 22.2 Å². The minimum absolute atomic E-state index is 0.0907. The number of nitrogens with one attached hydrogen (secondary N) is 1. The Labute approximate surface area is 162 Å². The molecule has 0 bridgehead atoms. The van der Waals surface area contributed by atoms with E-state index in [4.69, 9.17) is 11.6 Å². The number of nitrogens with zero attached hydrogens (tertiary/aromatic N) is 3. The zero-order valence-electron chi connectivity index (χ0n) is 14.8. The number of carbonyl (C=O) groups excluding carboxylic acids is 1. The zero-order chi connectivity index (χ0) is 19.2. The second-order valence-corrected chi connectivity index (χ2v) is 7.12. The van der Waals surface area contributed by atoms with Gasteiger partial charge in [-0.1, -0.05) is 17.7 Å². The van der Waals surface area contributed by atoms with Crippen LogP contribution in [0.3, 0.4) is 0 Å². The van der Waals surface area contributed by atoms with Crippen LogP contribution in [0.4, 0.5) is 5.69 Å². The van der Waals surface area contributed by atoms with Crippen LogP contribution in [-0.2, 0) is 6.54 Å². The highest BCUT2D eigenvalue weighted by atomic mass is 35.5. The number of halogens is 1. The first kappa shape index (κ1) is 19.3. The average molecular weight is 389 g/mol. The van der Waals surface area contributed by atoms with E-state index in [2.05, 4.69) is 21.3 Å². The Balaban J connectivity index is 1.46. The highest BCUT2D eigenvalue weighted by Crippen LogP contribution is 2.23. The Kier molecular flexibility index (Phi) is 6.36. The van der Waals surface area contributed by atoms with Crippen molar-refractivity contribution in [2.75, 3.05) is 19.6 Å². The molecule has 2 heterocycles. The smallest absolute Gasteiger partial charge is 0.270 e. The zero-order valence-corrected chi connectivity index (χ0v) is 15.6. The van der Waals surface area contributed by atoms with Gasteiger partial charge in [0.1, 0.15) is 0 Å². The van der Waals surface area contributed by atoms with Gasteiger partial charge in [0.2, 0.25) is 0 Å². The fourth-order valence-corrected chi connectivity index (χ4v) is 3.49. The Hall–Kier alpha value is -2.51. The summed E-state index contributed by atoms with van der Waals surface area (Å²) < 4.78 is 0. The van der Waals surface area contributed by atoms with Crippen LogP contribution in [-0.4, -0.2) is 40.3 Å². The predicted molar refractivity (Wildman–Crippen MR) is 103 cm³/mol. The van der Waals surface area contributed by atoms with Crippen molar-refractivity contribution in [3.63, 3.8) is 0 Å². The number of pyridine rings is 1. The van der Waals surface area contributed by atoms with Gasteiger partial charge in [-0.3, -0.25) is 24.8 Å². The van der Waals surface area contributed by atoms with Crippen LogP contribution in [0, 0.1) is 16.0 Å². The quantitative estimate of drug-likeness (QED) is 0.606. The molecule has 8 heteroatoms. The van der Waals surface area contributed by atoms with Crippen molar-refractivity contribution in [2.24, 2.45) is 5.92 Å². The maximum Gasteiger partial charge on any atom is 0.270 e. The second kappa shape index (κ2) is 8.92. The molecule has 1 aromatic carbocycles. The molecule has 2 aromatic rings. The minimum Gasteiger partial charge on any atom is -0.352 e. The van der Waals surface area contributed by atoms with E-state index < -0.39 is 4.92 Å². The van der Waals surface area contributed by atoms with Gasteiger partial charge >= 0.3 is 0 Å². The Morgan fingerprint density at radius 2 is 2.11 bits per heavy atom. The summed E-state index contributed by atoms with van der Waals surface area (Å²) in [6.45, 7) is 3.43. The molecule has 1 aromatic heterocycles. The first-order valence-corrected chi connectivity index (χ1v) is 9.24. The van der Waals surface area contributed by atoms with E-state index in [1.165, 1.54) is 23.8 Å². The predicted octanol–water partition coefficient (Wildman–Crippen LogP) is 3.29.